The van der Waals surface area contributed by atoms with E-state index < -0.39 is 11.6 Å². The van der Waals surface area contributed by atoms with Gasteiger partial charge in [-0.25, -0.2) is 8.78 Å². The van der Waals surface area contributed by atoms with Crippen molar-refractivity contribution in [2.24, 2.45) is 5.92 Å². The van der Waals surface area contributed by atoms with E-state index in [9.17, 15) is 8.78 Å². The molecule has 1 N–H and O–H groups in total. The fraction of sp³-hybridized carbons (Fsp3) is 0.538. The third-order valence-electron chi connectivity index (χ3n) is 3.86. The first-order chi connectivity index (χ1) is 8.16. The summed E-state index contributed by atoms with van der Waals surface area (Å²) in [7, 11) is 0. The van der Waals surface area contributed by atoms with Gasteiger partial charge in [0.2, 0.25) is 0 Å². The highest BCUT2D eigenvalue weighted by Crippen LogP contribution is 2.39. The van der Waals surface area contributed by atoms with Gasteiger partial charge in [-0.1, -0.05) is 6.92 Å². The zero-order valence-electron chi connectivity index (χ0n) is 9.84. The zero-order chi connectivity index (χ0) is 12.0. The molecule has 17 heavy (non-hydrogen) atoms. The Bertz CT molecular complexity index is 447. The van der Waals surface area contributed by atoms with E-state index in [0.29, 0.717) is 17.6 Å². The van der Waals surface area contributed by atoms with E-state index in [1.54, 1.807) is 6.07 Å². The average Bonchev–Trinajstić information content (AvgIpc) is 2.33. The van der Waals surface area contributed by atoms with Crippen LogP contribution in [0.25, 0.3) is 0 Å². The fourth-order valence-electron chi connectivity index (χ4n) is 2.93. The summed E-state index contributed by atoms with van der Waals surface area (Å²) in [6, 6.07) is 3.11. The molecule has 0 radical (unpaired) electrons. The van der Waals surface area contributed by atoms with Crippen molar-refractivity contribution in [2.75, 3.05) is 23.3 Å². The first kappa shape index (κ1) is 10.8. The lowest BCUT2D eigenvalue weighted by molar-refractivity contribution is 0.362. The Kier molecular flexibility index (Phi) is 2.45. The van der Waals surface area contributed by atoms with Gasteiger partial charge in [0.1, 0.15) is 0 Å². The molecule has 1 fully saturated rings. The van der Waals surface area contributed by atoms with E-state index in [4.69, 9.17) is 0 Å². The van der Waals surface area contributed by atoms with Crippen molar-refractivity contribution in [3.05, 3.63) is 23.8 Å². The Morgan fingerprint density at radius 2 is 2.18 bits per heavy atom. The number of halogens is 2. The van der Waals surface area contributed by atoms with Gasteiger partial charge in [-0.05, 0) is 30.9 Å². The summed E-state index contributed by atoms with van der Waals surface area (Å²) in [4.78, 5) is 2.03. The maximum atomic E-state index is 13.9. The number of rotatable bonds is 0. The molecule has 2 aliphatic heterocycles. The topological polar surface area (TPSA) is 15.3 Å². The van der Waals surface area contributed by atoms with E-state index in [0.717, 1.165) is 31.6 Å². The molecule has 0 aromatic heterocycles. The predicted molar refractivity (Wildman–Crippen MR) is 64.4 cm³/mol. The average molecular weight is 238 g/mol. The van der Waals surface area contributed by atoms with Gasteiger partial charge in [-0.2, -0.15) is 0 Å². The lowest BCUT2D eigenvalue weighted by Gasteiger charge is -2.44. The van der Waals surface area contributed by atoms with Gasteiger partial charge in [0, 0.05) is 19.1 Å². The van der Waals surface area contributed by atoms with Crippen molar-refractivity contribution in [2.45, 2.75) is 25.8 Å². The van der Waals surface area contributed by atoms with Crippen LogP contribution in [-0.2, 0) is 0 Å². The number of nitrogens with zero attached hydrogens (tertiary/aromatic N) is 1. The minimum absolute atomic E-state index is 0.294. The molecular weight excluding hydrogens is 222 g/mol. The third kappa shape index (κ3) is 1.66. The summed E-state index contributed by atoms with van der Waals surface area (Å²) in [5, 5.41) is 3.20. The van der Waals surface area contributed by atoms with Gasteiger partial charge in [-0.3, -0.25) is 0 Å². The van der Waals surface area contributed by atoms with E-state index in [-0.39, 0.29) is 0 Å². The van der Waals surface area contributed by atoms with E-state index in [1.165, 1.54) is 6.07 Å². The van der Waals surface area contributed by atoms with Crippen molar-refractivity contribution in [3.8, 4) is 0 Å². The van der Waals surface area contributed by atoms with Crippen LogP contribution in [0.2, 0.25) is 0 Å². The normalized spacial score (nSPS) is 27.1. The van der Waals surface area contributed by atoms with Crippen LogP contribution < -0.4 is 10.2 Å². The Balaban J connectivity index is 2.03. The second-order valence-electron chi connectivity index (χ2n) is 5.12. The lowest BCUT2D eigenvalue weighted by atomic mass is 9.90. The maximum absolute atomic E-state index is 13.9. The van der Waals surface area contributed by atoms with Gasteiger partial charge >= 0.3 is 0 Å². The van der Waals surface area contributed by atoms with Crippen molar-refractivity contribution in [1.29, 1.82) is 0 Å². The van der Waals surface area contributed by atoms with Gasteiger partial charge in [0.05, 0.1) is 11.4 Å². The number of benzene rings is 1. The SMILES string of the molecule is CC1CCN2c3c(ccc(F)c3F)NCC2C1. The van der Waals surface area contributed by atoms with Crippen molar-refractivity contribution < 1.29 is 8.78 Å². The molecule has 2 heterocycles. The second-order valence-corrected chi connectivity index (χ2v) is 5.12. The first-order valence-electron chi connectivity index (χ1n) is 6.15. The zero-order valence-corrected chi connectivity index (χ0v) is 9.84. The number of hydrogen-bond donors (Lipinski definition) is 1. The van der Waals surface area contributed by atoms with Gasteiger partial charge < -0.3 is 10.2 Å². The van der Waals surface area contributed by atoms with Crippen LogP contribution in [0.15, 0.2) is 12.1 Å². The number of anilines is 2. The van der Waals surface area contributed by atoms with E-state index in [1.807, 2.05) is 4.90 Å². The van der Waals surface area contributed by atoms with E-state index in [2.05, 4.69) is 12.2 Å². The molecule has 0 spiro atoms. The summed E-state index contributed by atoms with van der Waals surface area (Å²) >= 11 is 0. The summed E-state index contributed by atoms with van der Waals surface area (Å²) < 4.78 is 27.2. The van der Waals surface area contributed by atoms with E-state index >= 15 is 0 Å². The van der Waals surface area contributed by atoms with Crippen molar-refractivity contribution in [3.63, 3.8) is 0 Å². The summed E-state index contributed by atoms with van der Waals surface area (Å²) in [5.41, 5.74) is 1.14. The van der Waals surface area contributed by atoms with Crippen LogP contribution >= 0.6 is 0 Å². The molecule has 4 heteroatoms. The highest BCUT2D eigenvalue weighted by molar-refractivity contribution is 5.73. The number of nitrogens with one attached hydrogen (secondary N) is 1. The second kappa shape index (κ2) is 3.86. The molecule has 0 bridgehead atoms. The molecule has 1 aromatic carbocycles. The highest BCUT2D eigenvalue weighted by Gasteiger charge is 2.33. The standard InChI is InChI=1S/C13H16F2N2/c1-8-4-5-17-9(6-8)7-16-11-3-2-10(14)12(15)13(11)17/h2-3,8-9,16H,4-7H2,1H3. The van der Waals surface area contributed by atoms with Crippen molar-refractivity contribution >= 4 is 11.4 Å². The Labute approximate surface area is 99.6 Å². The fourth-order valence-corrected chi connectivity index (χ4v) is 2.93. The molecule has 2 unspecified atom stereocenters. The lowest BCUT2D eigenvalue weighted by Crippen LogP contribution is -2.49. The van der Waals surface area contributed by atoms with Gasteiger partial charge in [-0.15, -0.1) is 0 Å². The minimum Gasteiger partial charge on any atom is -0.381 e. The van der Waals surface area contributed by atoms with Crippen LogP contribution in [0.1, 0.15) is 19.8 Å². The maximum Gasteiger partial charge on any atom is 0.184 e. The third-order valence-corrected chi connectivity index (χ3v) is 3.86. The summed E-state index contributed by atoms with van der Waals surface area (Å²) in [6.45, 7) is 3.86. The molecular formula is C13H16F2N2. The molecule has 2 aliphatic rings. The number of fused-ring (bicyclic) bond motifs is 3. The van der Waals surface area contributed by atoms with Gasteiger partial charge in [0.15, 0.2) is 11.6 Å². The highest BCUT2D eigenvalue weighted by atomic mass is 19.2. The molecule has 3 rings (SSSR count). The smallest absolute Gasteiger partial charge is 0.184 e. The Morgan fingerprint density at radius 1 is 1.35 bits per heavy atom. The molecule has 0 saturated carbocycles. The molecule has 2 atom stereocenters. The van der Waals surface area contributed by atoms with Crippen LogP contribution in [0.3, 0.4) is 0 Å². The Hall–Kier alpha value is -1.32. The number of piperidine rings is 1. The van der Waals surface area contributed by atoms with Crippen LogP contribution in [-0.4, -0.2) is 19.1 Å². The largest absolute Gasteiger partial charge is 0.381 e. The molecule has 0 amide bonds. The number of hydrogen-bond acceptors (Lipinski definition) is 2. The van der Waals surface area contributed by atoms with Gasteiger partial charge in [0.25, 0.3) is 0 Å². The summed E-state index contributed by atoms with van der Waals surface area (Å²) in [5.74, 6) is -0.810. The quantitative estimate of drug-likeness (QED) is 0.747. The first-order valence-corrected chi connectivity index (χ1v) is 6.15. The molecule has 1 aromatic rings. The molecule has 92 valence electrons. The molecule has 0 aliphatic carbocycles. The predicted octanol–water partition coefficient (Wildman–Crippen LogP) is 3.00. The van der Waals surface area contributed by atoms with Crippen LogP contribution in [0.4, 0.5) is 20.2 Å². The monoisotopic (exact) mass is 238 g/mol. The summed E-state index contributed by atoms with van der Waals surface area (Å²) in [6.07, 6.45) is 2.09. The minimum atomic E-state index is -0.759. The van der Waals surface area contributed by atoms with Crippen molar-refractivity contribution in [1.82, 2.24) is 0 Å². The molecule has 1 saturated heterocycles. The Morgan fingerprint density at radius 3 is 3.00 bits per heavy atom. The van der Waals surface area contributed by atoms with Crippen LogP contribution in [0, 0.1) is 17.6 Å². The van der Waals surface area contributed by atoms with Crippen LogP contribution in [0.5, 0.6) is 0 Å². The molecule has 2 nitrogen and oxygen atoms in total.